The Kier molecular flexibility index (Phi) is 7.71. The third-order valence-electron chi connectivity index (χ3n) is 6.73. The van der Waals surface area contributed by atoms with Crippen LogP contribution in [0.25, 0.3) is 11.0 Å². The van der Waals surface area contributed by atoms with Crippen LogP contribution >= 0.6 is 0 Å². The first-order valence-electron chi connectivity index (χ1n) is 12.7. The van der Waals surface area contributed by atoms with Gasteiger partial charge >= 0.3 is 5.97 Å². The van der Waals surface area contributed by atoms with E-state index in [-0.39, 0.29) is 5.91 Å². The molecular formula is C28H31N7O3. The number of aromatic amines is 1. The summed E-state index contributed by atoms with van der Waals surface area (Å²) in [5.41, 5.74) is 3.77. The zero-order valence-electron chi connectivity index (χ0n) is 21.6. The van der Waals surface area contributed by atoms with Crippen LogP contribution in [-0.4, -0.2) is 81.9 Å². The SMILES string of the molecule is COC(=O)c1cc2cc(CCc3nccc(NC(=O)c4ccc(CN5CCN(C)CC5)cc4)n3)cnc2[nH]1. The van der Waals surface area contributed by atoms with E-state index in [0.717, 1.165) is 43.7 Å². The highest BCUT2D eigenvalue weighted by atomic mass is 16.5. The normalized spacial score (nSPS) is 14.5. The largest absolute Gasteiger partial charge is 0.464 e. The van der Waals surface area contributed by atoms with Gasteiger partial charge in [-0.15, -0.1) is 0 Å². The Labute approximate surface area is 221 Å². The van der Waals surface area contributed by atoms with E-state index in [0.29, 0.717) is 41.4 Å². The fourth-order valence-electron chi connectivity index (χ4n) is 4.48. The van der Waals surface area contributed by atoms with Crippen molar-refractivity contribution < 1.29 is 14.3 Å². The third kappa shape index (κ3) is 6.21. The molecule has 0 unspecified atom stereocenters. The summed E-state index contributed by atoms with van der Waals surface area (Å²) in [5.74, 6) is 0.445. The molecule has 0 radical (unpaired) electrons. The quantitative estimate of drug-likeness (QED) is 0.346. The van der Waals surface area contributed by atoms with Crippen LogP contribution in [0.5, 0.6) is 0 Å². The second-order valence-corrected chi connectivity index (χ2v) is 9.54. The minimum absolute atomic E-state index is 0.204. The maximum Gasteiger partial charge on any atom is 0.354 e. The van der Waals surface area contributed by atoms with Crippen molar-refractivity contribution in [3.05, 3.63) is 83.1 Å². The molecule has 196 valence electrons. The number of aryl methyl sites for hydroxylation is 2. The smallest absolute Gasteiger partial charge is 0.354 e. The molecule has 0 atom stereocenters. The van der Waals surface area contributed by atoms with Gasteiger partial charge in [0.15, 0.2) is 0 Å². The molecule has 0 spiro atoms. The molecule has 1 aliphatic rings. The molecule has 2 N–H and O–H groups in total. The number of methoxy groups -OCH3 is 1. The molecule has 0 saturated carbocycles. The van der Waals surface area contributed by atoms with Gasteiger partial charge in [0.1, 0.15) is 23.0 Å². The highest BCUT2D eigenvalue weighted by Gasteiger charge is 2.15. The van der Waals surface area contributed by atoms with Gasteiger partial charge in [0.2, 0.25) is 0 Å². The van der Waals surface area contributed by atoms with Gasteiger partial charge in [-0.3, -0.25) is 9.69 Å². The number of amides is 1. The van der Waals surface area contributed by atoms with E-state index < -0.39 is 5.97 Å². The zero-order valence-corrected chi connectivity index (χ0v) is 21.6. The lowest BCUT2D eigenvalue weighted by molar-refractivity contribution is 0.0595. The standard InChI is InChI=1S/C28H31N7O3/c1-34-11-13-35(14-12-34)18-19-3-6-21(7-4-19)27(36)33-25-9-10-29-24(32-25)8-5-20-15-22-16-23(28(37)38-2)31-26(22)30-17-20/h3-4,6-7,9-10,15-17H,5,8,11-14,18H2,1-2H3,(H,30,31)(H,29,32,33,36). The minimum atomic E-state index is -0.432. The van der Waals surface area contributed by atoms with Gasteiger partial charge < -0.3 is 19.9 Å². The maximum absolute atomic E-state index is 12.8. The van der Waals surface area contributed by atoms with Crippen molar-refractivity contribution in [3.63, 3.8) is 0 Å². The van der Waals surface area contributed by atoms with Crippen LogP contribution in [0, 0.1) is 0 Å². The van der Waals surface area contributed by atoms with Gasteiger partial charge in [0.25, 0.3) is 5.91 Å². The summed E-state index contributed by atoms with van der Waals surface area (Å²) >= 11 is 0. The molecule has 1 saturated heterocycles. The van der Waals surface area contributed by atoms with Crippen molar-refractivity contribution in [3.8, 4) is 0 Å². The lowest BCUT2D eigenvalue weighted by Crippen LogP contribution is -2.43. The topological polar surface area (TPSA) is 116 Å². The van der Waals surface area contributed by atoms with E-state index >= 15 is 0 Å². The number of ether oxygens (including phenoxy) is 1. The summed E-state index contributed by atoms with van der Waals surface area (Å²) in [5, 5.41) is 3.71. The van der Waals surface area contributed by atoms with Crippen LogP contribution in [0.1, 0.15) is 37.8 Å². The van der Waals surface area contributed by atoms with Crippen LogP contribution in [0.3, 0.4) is 0 Å². The van der Waals surface area contributed by atoms with Gasteiger partial charge in [0.05, 0.1) is 7.11 Å². The minimum Gasteiger partial charge on any atom is -0.464 e. The molecule has 0 bridgehead atoms. The number of hydrogen-bond acceptors (Lipinski definition) is 8. The molecular weight excluding hydrogens is 482 g/mol. The van der Waals surface area contributed by atoms with Crippen LogP contribution in [0.4, 0.5) is 5.82 Å². The Hall–Kier alpha value is -4.15. The summed E-state index contributed by atoms with van der Waals surface area (Å²) in [7, 11) is 3.49. The number of likely N-dealkylation sites (N-methyl/N-ethyl adjacent to an activating group) is 1. The van der Waals surface area contributed by atoms with E-state index in [1.807, 2.05) is 30.3 Å². The number of anilines is 1. The van der Waals surface area contributed by atoms with Crippen LogP contribution in [-0.2, 0) is 24.1 Å². The van der Waals surface area contributed by atoms with E-state index in [1.165, 1.54) is 12.7 Å². The van der Waals surface area contributed by atoms with Gasteiger partial charge in [-0.1, -0.05) is 12.1 Å². The summed E-state index contributed by atoms with van der Waals surface area (Å²) in [6.45, 7) is 5.17. The highest BCUT2D eigenvalue weighted by molar-refractivity contribution is 6.03. The monoisotopic (exact) mass is 513 g/mol. The highest BCUT2D eigenvalue weighted by Crippen LogP contribution is 2.17. The predicted molar refractivity (Wildman–Crippen MR) is 144 cm³/mol. The zero-order chi connectivity index (χ0) is 26.5. The van der Waals surface area contributed by atoms with Crippen molar-refractivity contribution in [2.45, 2.75) is 19.4 Å². The molecule has 1 fully saturated rings. The first kappa shape index (κ1) is 25.5. The maximum atomic E-state index is 12.8. The molecule has 1 amide bonds. The fourth-order valence-corrected chi connectivity index (χ4v) is 4.48. The number of pyridine rings is 1. The van der Waals surface area contributed by atoms with Gasteiger partial charge in [0, 0.05) is 62.5 Å². The number of nitrogens with one attached hydrogen (secondary N) is 2. The number of nitrogens with zero attached hydrogens (tertiary/aromatic N) is 5. The van der Waals surface area contributed by atoms with Gasteiger partial charge in [-0.05, 0) is 54.9 Å². The summed E-state index contributed by atoms with van der Waals surface area (Å²) in [6.07, 6.45) is 4.65. The van der Waals surface area contributed by atoms with E-state index in [9.17, 15) is 9.59 Å². The molecule has 4 aromatic rings. The Morgan fingerprint density at radius 1 is 1.00 bits per heavy atom. The molecule has 10 nitrogen and oxygen atoms in total. The third-order valence-corrected chi connectivity index (χ3v) is 6.73. The van der Waals surface area contributed by atoms with E-state index in [4.69, 9.17) is 4.74 Å². The number of esters is 1. The van der Waals surface area contributed by atoms with Crippen molar-refractivity contribution in [2.24, 2.45) is 0 Å². The van der Waals surface area contributed by atoms with Gasteiger partial charge in [-0.2, -0.15) is 0 Å². The van der Waals surface area contributed by atoms with Crippen molar-refractivity contribution in [2.75, 3.05) is 45.7 Å². The Morgan fingerprint density at radius 2 is 1.79 bits per heavy atom. The number of benzene rings is 1. The lowest BCUT2D eigenvalue weighted by atomic mass is 10.1. The Bertz CT molecular complexity index is 1430. The molecule has 10 heteroatoms. The molecule has 1 aliphatic heterocycles. The van der Waals surface area contributed by atoms with Crippen LogP contribution in [0.15, 0.2) is 54.9 Å². The van der Waals surface area contributed by atoms with Gasteiger partial charge in [-0.25, -0.2) is 19.7 Å². The average molecular weight is 514 g/mol. The van der Waals surface area contributed by atoms with Crippen LogP contribution < -0.4 is 5.32 Å². The van der Waals surface area contributed by atoms with Crippen molar-refractivity contribution >= 4 is 28.7 Å². The molecule has 4 heterocycles. The number of fused-ring (bicyclic) bond motifs is 1. The fraction of sp³-hybridized carbons (Fsp3) is 0.321. The van der Waals surface area contributed by atoms with E-state index in [1.54, 1.807) is 24.5 Å². The lowest BCUT2D eigenvalue weighted by Gasteiger charge is -2.32. The number of hydrogen-bond donors (Lipinski definition) is 2. The number of aromatic nitrogens is 4. The molecule has 0 aliphatic carbocycles. The summed E-state index contributed by atoms with van der Waals surface area (Å²) < 4.78 is 4.76. The number of piperazine rings is 1. The molecule has 5 rings (SSSR count). The predicted octanol–water partition coefficient (Wildman–Crippen LogP) is 2.92. The second kappa shape index (κ2) is 11.5. The first-order valence-corrected chi connectivity index (χ1v) is 12.7. The number of rotatable bonds is 8. The van der Waals surface area contributed by atoms with Crippen molar-refractivity contribution in [1.29, 1.82) is 0 Å². The first-order chi connectivity index (χ1) is 18.5. The number of carbonyl (C=O) groups excluding carboxylic acids is 2. The van der Waals surface area contributed by atoms with E-state index in [2.05, 4.69) is 42.1 Å². The Balaban J connectivity index is 1.16. The number of H-pyrrole nitrogens is 1. The second-order valence-electron chi connectivity index (χ2n) is 9.54. The average Bonchev–Trinajstić information content (AvgIpc) is 3.37. The van der Waals surface area contributed by atoms with Crippen molar-refractivity contribution in [1.82, 2.24) is 29.7 Å². The summed E-state index contributed by atoms with van der Waals surface area (Å²) in [4.78, 5) is 45.5. The molecule has 38 heavy (non-hydrogen) atoms. The van der Waals surface area contributed by atoms with Crippen LogP contribution in [0.2, 0.25) is 0 Å². The summed E-state index contributed by atoms with van der Waals surface area (Å²) in [6, 6.07) is 13.1. The molecule has 1 aromatic carbocycles. The molecule has 3 aromatic heterocycles. The number of carbonyl (C=O) groups is 2. The Morgan fingerprint density at radius 3 is 2.55 bits per heavy atom.